The van der Waals surface area contributed by atoms with Crippen molar-refractivity contribution < 1.29 is 28.6 Å². The fourth-order valence-corrected chi connectivity index (χ4v) is 9.31. The minimum Gasteiger partial charge on any atom is -0.462 e. The third-order valence-electron chi connectivity index (χ3n) is 14.0. The van der Waals surface area contributed by atoms with Crippen LogP contribution in [0.15, 0.2) is 60.8 Å². The summed E-state index contributed by atoms with van der Waals surface area (Å²) in [5, 5.41) is 0. The number of hydrogen-bond acceptors (Lipinski definition) is 6. The summed E-state index contributed by atoms with van der Waals surface area (Å²) < 4.78 is 16.9. The van der Waals surface area contributed by atoms with E-state index in [0.717, 1.165) is 77.0 Å². The van der Waals surface area contributed by atoms with E-state index in [1.165, 1.54) is 205 Å². The Hall–Kier alpha value is -2.89. The summed E-state index contributed by atoms with van der Waals surface area (Å²) in [6, 6.07) is 0. The minimum atomic E-state index is -0.801. The Morgan fingerprint density at radius 3 is 0.822 bits per heavy atom. The lowest BCUT2D eigenvalue weighted by molar-refractivity contribution is -0.167. The number of carbonyl (C=O) groups excluding carboxylic acids is 3. The van der Waals surface area contributed by atoms with Crippen LogP contribution < -0.4 is 0 Å². The fourth-order valence-electron chi connectivity index (χ4n) is 9.31. The molecule has 0 aliphatic heterocycles. The maximum absolute atomic E-state index is 12.9. The van der Waals surface area contributed by atoms with Crippen LogP contribution in [0, 0.1) is 0 Å². The van der Waals surface area contributed by atoms with E-state index in [-0.39, 0.29) is 37.5 Å². The zero-order chi connectivity index (χ0) is 52.9. The summed E-state index contributed by atoms with van der Waals surface area (Å²) in [5.41, 5.74) is 0. The molecule has 0 aromatic heterocycles. The SMILES string of the molecule is CC/C=C\C/C=C\C/C=C\C/C=C\C/C=C\CCCC(=O)OC(COC(=O)CCCCCCCCCCCCCCCCC)COC(=O)CCCCCCCCCCCCCCCCCCCCCCCCC. The van der Waals surface area contributed by atoms with E-state index in [1.54, 1.807) is 0 Å². The Balaban J connectivity index is 4.35. The highest BCUT2D eigenvalue weighted by molar-refractivity contribution is 5.71. The Bertz CT molecular complexity index is 1310. The highest BCUT2D eigenvalue weighted by atomic mass is 16.6. The van der Waals surface area contributed by atoms with E-state index < -0.39 is 6.10 Å². The molecule has 0 bridgehead atoms. The third kappa shape index (κ3) is 59.9. The smallest absolute Gasteiger partial charge is 0.306 e. The van der Waals surface area contributed by atoms with Crippen LogP contribution in [0.1, 0.15) is 329 Å². The van der Waals surface area contributed by atoms with E-state index in [9.17, 15) is 14.4 Å². The van der Waals surface area contributed by atoms with Gasteiger partial charge in [0.15, 0.2) is 6.10 Å². The molecule has 1 unspecified atom stereocenters. The largest absolute Gasteiger partial charge is 0.462 e. The zero-order valence-electron chi connectivity index (χ0n) is 48.7. The monoisotopic (exact) mass is 1020 g/mol. The first-order valence-electron chi connectivity index (χ1n) is 31.8. The first-order valence-corrected chi connectivity index (χ1v) is 31.8. The van der Waals surface area contributed by atoms with Crippen LogP contribution >= 0.6 is 0 Å². The maximum Gasteiger partial charge on any atom is 0.306 e. The number of ether oxygens (including phenoxy) is 3. The molecule has 0 fully saturated rings. The van der Waals surface area contributed by atoms with Crippen molar-refractivity contribution in [2.75, 3.05) is 13.2 Å². The Kier molecular flexibility index (Phi) is 59.2. The van der Waals surface area contributed by atoms with Gasteiger partial charge in [0.05, 0.1) is 0 Å². The molecule has 0 saturated carbocycles. The van der Waals surface area contributed by atoms with Crippen molar-refractivity contribution in [2.45, 2.75) is 335 Å². The van der Waals surface area contributed by atoms with Crippen molar-refractivity contribution in [1.29, 1.82) is 0 Å². The molecule has 0 saturated heterocycles. The van der Waals surface area contributed by atoms with Gasteiger partial charge in [-0.3, -0.25) is 14.4 Å². The summed E-state index contributed by atoms with van der Waals surface area (Å²) >= 11 is 0. The summed E-state index contributed by atoms with van der Waals surface area (Å²) in [5.74, 6) is -0.931. The standard InChI is InChI=1S/C67H120O6/c1-4-7-10-13-16-19-22-25-28-30-31-32-33-34-35-37-39-42-45-48-51-54-57-60-66(69)72-63-64(62-71-65(68)59-56-53-50-47-44-41-38-27-24-21-18-15-12-9-6-3)73-67(70)61-58-55-52-49-46-43-40-36-29-26-23-20-17-14-11-8-5-2/h8,11,17,20,26,29,40,43,49,52,64H,4-7,9-10,12-16,18-19,21-25,27-28,30-39,41-42,44-48,50-51,53-63H2,1-3H3/b11-8-,20-17-,29-26-,43-40-,52-49-. The molecule has 73 heavy (non-hydrogen) atoms. The molecule has 6 heteroatoms. The molecule has 0 amide bonds. The van der Waals surface area contributed by atoms with Gasteiger partial charge in [-0.15, -0.1) is 0 Å². The molecule has 0 radical (unpaired) electrons. The van der Waals surface area contributed by atoms with E-state index in [4.69, 9.17) is 14.2 Å². The van der Waals surface area contributed by atoms with Crippen LogP contribution in [0.4, 0.5) is 0 Å². The van der Waals surface area contributed by atoms with E-state index >= 15 is 0 Å². The molecule has 0 heterocycles. The number of esters is 3. The lowest BCUT2D eigenvalue weighted by Crippen LogP contribution is -2.30. The average molecular weight is 1020 g/mol. The van der Waals surface area contributed by atoms with Gasteiger partial charge in [-0.25, -0.2) is 0 Å². The molecular formula is C67H120O6. The Morgan fingerprint density at radius 2 is 0.534 bits per heavy atom. The van der Waals surface area contributed by atoms with E-state index in [0.29, 0.717) is 19.3 Å². The molecule has 0 aliphatic rings. The lowest BCUT2D eigenvalue weighted by Gasteiger charge is -2.18. The zero-order valence-corrected chi connectivity index (χ0v) is 48.7. The Labute approximate surface area is 453 Å². The quantitative estimate of drug-likeness (QED) is 0.0261. The van der Waals surface area contributed by atoms with Crippen molar-refractivity contribution >= 4 is 17.9 Å². The van der Waals surface area contributed by atoms with Gasteiger partial charge in [0.2, 0.25) is 0 Å². The van der Waals surface area contributed by atoms with Crippen LogP contribution in [-0.4, -0.2) is 37.2 Å². The van der Waals surface area contributed by atoms with Gasteiger partial charge in [0.25, 0.3) is 0 Å². The van der Waals surface area contributed by atoms with Crippen molar-refractivity contribution in [3.8, 4) is 0 Å². The minimum absolute atomic E-state index is 0.0923. The van der Waals surface area contributed by atoms with Crippen molar-refractivity contribution in [1.82, 2.24) is 0 Å². The number of carbonyl (C=O) groups is 3. The number of rotatable bonds is 58. The second-order valence-electron chi connectivity index (χ2n) is 21.3. The topological polar surface area (TPSA) is 78.9 Å². The summed E-state index contributed by atoms with van der Waals surface area (Å²) in [7, 11) is 0. The molecule has 6 nitrogen and oxygen atoms in total. The molecule has 0 rings (SSSR count). The lowest BCUT2D eigenvalue weighted by atomic mass is 10.0. The number of unbranched alkanes of at least 4 members (excludes halogenated alkanes) is 37. The van der Waals surface area contributed by atoms with Gasteiger partial charge in [-0.2, -0.15) is 0 Å². The molecule has 0 N–H and O–H groups in total. The highest BCUT2D eigenvalue weighted by Crippen LogP contribution is 2.18. The van der Waals surface area contributed by atoms with Crippen molar-refractivity contribution in [3.63, 3.8) is 0 Å². The van der Waals surface area contributed by atoms with Gasteiger partial charge >= 0.3 is 17.9 Å². The molecule has 0 aromatic carbocycles. The predicted octanol–water partition coefficient (Wildman–Crippen LogP) is 21.6. The maximum atomic E-state index is 12.9. The molecule has 1 atom stereocenters. The van der Waals surface area contributed by atoms with E-state index in [2.05, 4.69) is 81.5 Å². The average Bonchev–Trinajstić information content (AvgIpc) is 3.39. The highest BCUT2D eigenvalue weighted by Gasteiger charge is 2.19. The summed E-state index contributed by atoms with van der Waals surface area (Å²) in [6.45, 7) is 6.53. The van der Waals surface area contributed by atoms with Gasteiger partial charge < -0.3 is 14.2 Å². The van der Waals surface area contributed by atoms with Crippen molar-refractivity contribution in [2.24, 2.45) is 0 Å². The van der Waals surface area contributed by atoms with Crippen LogP contribution in [0.2, 0.25) is 0 Å². The molecule has 0 spiro atoms. The first-order chi connectivity index (χ1) is 36.0. The van der Waals surface area contributed by atoms with Gasteiger partial charge in [-0.05, 0) is 57.8 Å². The van der Waals surface area contributed by atoms with Crippen molar-refractivity contribution in [3.05, 3.63) is 60.8 Å². The van der Waals surface area contributed by atoms with Crippen LogP contribution in [0.25, 0.3) is 0 Å². The summed E-state index contributed by atoms with van der Waals surface area (Å²) in [6.07, 6.45) is 78.1. The van der Waals surface area contributed by atoms with Gasteiger partial charge in [-0.1, -0.05) is 313 Å². The number of allylic oxidation sites excluding steroid dienone is 10. The first kappa shape index (κ1) is 70.1. The van der Waals surface area contributed by atoms with E-state index in [1.807, 2.05) is 0 Å². The predicted molar refractivity (Wildman–Crippen MR) is 316 cm³/mol. The summed E-state index contributed by atoms with van der Waals surface area (Å²) in [4.78, 5) is 38.3. The molecule has 0 aliphatic carbocycles. The normalized spacial score (nSPS) is 12.4. The van der Waals surface area contributed by atoms with Crippen LogP contribution in [0.3, 0.4) is 0 Å². The van der Waals surface area contributed by atoms with Gasteiger partial charge in [0, 0.05) is 19.3 Å². The van der Waals surface area contributed by atoms with Crippen LogP contribution in [-0.2, 0) is 28.6 Å². The Morgan fingerprint density at radius 1 is 0.288 bits per heavy atom. The second kappa shape index (κ2) is 61.7. The third-order valence-corrected chi connectivity index (χ3v) is 14.0. The molecule has 0 aromatic rings. The molecular weight excluding hydrogens is 901 g/mol. The number of hydrogen-bond donors (Lipinski definition) is 0. The van der Waals surface area contributed by atoms with Crippen LogP contribution in [0.5, 0.6) is 0 Å². The van der Waals surface area contributed by atoms with Gasteiger partial charge in [0.1, 0.15) is 13.2 Å². The molecule has 424 valence electrons. The second-order valence-corrected chi connectivity index (χ2v) is 21.3. The fraction of sp³-hybridized carbons (Fsp3) is 0.806.